The Labute approximate surface area is 201 Å². The Bertz CT molecular complexity index is 1420. The third kappa shape index (κ3) is 5.52. The second-order valence-corrected chi connectivity index (χ2v) is 10.0. The smallest absolute Gasteiger partial charge is 0.261 e. The van der Waals surface area contributed by atoms with Gasteiger partial charge in [0, 0.05) is 34.9 Å². The monoisotopic (exact) mass is 495 g/mol. The number of benzene rings is 2. The topological polar surface area (TPSA) is 127 Å². The average Bonchev–Trinajstić information content (AvgIpc) is 3.36. The molecule has 2 aromatic heterocycles. The average molecular weight is 496 g/mol. The summed E-state index contributed by atoms with van der Waals surface area (Å²) in [6.45, 7) is 2.19. The van der Waals surface area contributed by atoms with Crippen LogP contribution in [0.2, 0.25) is 0 Å². The van der Waals surface area contributed by atoms with E-state index in [2.05, 4.69) is 25.2 Å². The summed E-state index contributed by atoms with van der Waals surface area (Å²) in [5.41, 5.74) is 0.853. The molecule has 0 fully saturated rings. The molecule has 9 nitrogen and oxygen atoms in total. The second kappa shape index (κ2) is 9.63. The number of alkyl halides is 1. The fourth-order valence-electron chi connectivity index (χ4n) is 2.92. The summed E-state index contributed by atoms with van der Waals surface area (Å²) in [5.74, 6) is 0.110. The zero-order valence-electron chi connectivity index (χ0n) is 18.9. The van der Waals surface area contributed by atoms with Gasteiger partial charge in [0.15, 0.2) is 0 Å². The number of carbonyl (C=O) groups is 1. The quantitative estimate of drug-likeness (QED) is 0.367. The molecule has 2 N–H and O–H groups in total. The summed E-state index contributed by atoms with van der Waals surface area (Å²) in [4.78, 5) is 16.1. The molecule has 0 aliphatic rings. The largest absolute Gasteiger partial charge is 0.416 e. The van der Waals surface area contributed by atoms with Gasteiger partial charge in [0.2, 0.25) is 17.7 Å². The minimum absolute atomic E-state index is 0.0391. The van der Waals surface area contributed by atoms with Gasteiger partial charge < -0.3 is 9.73 Å². The molecule has 0 unspecified atom stereocenters. The van der Waals surface area contributed by atoms with E-state index in [-0.39, 0.29) is 10.8 Å². The minimum Gasteiger partial charge on any atom is -0.416 e. The lowest BCUT2D eigenvalue weighted by atomic mass is 9.94. The predicted molar refractivity (Wildman–Crippen MR) is 129 cm³/mol. The maximum absolute atomic E-state index is 13.0. The van der Waals surface area contributed by atoms with Gasteiger partial charge in [-0.3, -0.25) is 14.5 Å². The molecule has 11 heteroatoms. The van der Waals surface area contributed by atoms with E-state index in [4.69, 9.17) is 4.42 Å². The molecule has 4 rings (SSSR count). The molecule has 0 atom stereocenters. The fraction of sp³-hybridized carbons (Fsp3) is 0.167. The Morgan fingerprint density at radius 1 is 0.886 bits per heavy atom. The number of hydrogen-bond donors (Lipinski definition) is 2. The number of rotatable bonds is 8. The molecule has 0 radical (unpaired) electrons. The van der Waals surface area contributed by atoms with Gasteiger partial charge in [-0.1, -0.05) is 0 Å². The Kier molecular flexibility index (Phi) is 6.61. The van der Waals surface area contributed by atoms with Gasteiger partial charge in [0.1, 0.15) is 6.67 Å². The van der Waals surface area contributed by atoms with Crippen LogP contribution in [0, 0.1) is 5.41 Å². The van der Waals surface area contributed by atoms with E-state index in [0.717, 1.165) is 5.56 Å². The molecular formula is C24H22FN5O4S. The molecule has 0 saturated carbocycles. The molecule has 0 bridgehead atoms. The molecule has 0 aliphatic carbocycles. The number of amides is 1. The van der Waals surface area contributed by atoms with E-state index in [9.17, 15) is 17.6 Å². The summed E-state index contributed by atoms with van der Waals surface area (Å²) < 4.78 is 46.7. The Hall–Kier alpha value is -4.12. The number of pyridine rings is 1. The summed E-state index contributed by atoms with van der Waals surface area (Å²) in [7, 11) is -3.87. The number of halogens is 1. The van der Waals surface area contributed by atoms with Crippen LogP contribution in [-0.4, -0.2) is 36.2 Å². The van der Waals surface area contributed by atoms with Gasteiger partial charge in [-0.05, 0) is 74.5 Å². The van der Waals surface area contributed by atoms with Crippen molar-refractivity contribution in [3.63, 3.8) is 0 Å². The van der Waals surface area contributed by atoms with Crippen LogP contribution in [0.5, 0.6) is 0 Å². The van der Waals surface area contributed by atoms with Crippen LogP contribution in [0.3, 0.4) is 0 Å². The van der Waals surface area contributed by atoms with Crippen molar-refractivity contribution in [3.05, 3.63) is 73.1 Å². The van der Waals surface area contributed by atoms with Gasteiger partial charge in [0.25, 0.3) is 10.0 Å². The van der Waals surface area contributed by atoms with Gasteiger partial charge in [0.05, 0.1) is 10.3 Å². The third-order valence-electron chi connectivity index (χ3n) is 5.11. The number of sulfonamides is 1. The van der Waals surface area contributed by atoms with Gasteiger partial charge >= 0.3 is 0 Å². The highest BCUT2D eigenvalue weighted by molar-refractivity contribution is 7.92. The van der Waals surface area contributed by atoms with Crippen molar-refractivity contribution >= 4 is 27.3 Å². The van der Waals surface area contributed by atoms with Gasteiger partial charge in [-0.25, -0.2) is 12.8 Å². The van der Waals surface area contributed by atoms with Crippen molar-refractivity contribution in [2.24, 2.45) is 5.41 Å². The van der Waals surface area contributed by atoms with Crippen LogP contribution in [-0.2, 0) is 14.8 Å². The number of hydrogen-bond acceptors (Lipinski definition) is 7. The number of aromatic nitrogens is 3. The molecular weight excluding hydrogens is 473 g/mol. The highest BCUT2D eigenvalue weighted by atomic mass is 32.2. The lowest BCUT2D eigenvalue weighted by molar-refractivity contribution is -0.124. The zero-order chi connectivity index (χ0) is 25.1. The first-order chi connectivity index (χ1) is 16.7. The van der Waals surface area contributed by atoms with E-state index in [1.165, 1.54) is 50.2 Å². The molecule has 0 saturated heterocycles. The number of carbonyl (C=O) groups excluding carboxylic acids is 1. The first kappa shape index (κ1) is 24.0. The molecule has 0 aliphatic heterocycles. The first-order valence-electron chi connectivity index (χ1n) is 10.5. The lowest BCUT2D eigenvalue weighted by Gasteiger charge is -2.19. The number of anilines is 2. The highest BCUT2D eigenvalue weighted by Crippen LogP contribution is 2.26. The van der Waals surface area contributed by atoms with Crippen molar-refractivity contribution in [1.29, 1.82) is 0 Å². The van der Waals surface area contributed by atoms with Crippen molar-refractivity contribution in [3.8, 4) is 22.9 Å². The van der Waals surface area contributed by atoms with Crippen molar-refractivity contribution < 1.29 is 22.0 Å². The van der Waals surface area contributed by atoms with Crippen LogP contribution in [0.25, 0.3) is 22.9 Å². The first-order valence-corrected chi connectivity index (χ1v) is 12.0. The number of nitrogens with zero attached hydrogens (tertiary/aromatic N) is 3. The maximum atomic E-state index is 13.0. The predicted octanol–water partition coefficient (Wildman–Crippen LogP) is 4.53. The molecule has 0 spiro atoms. The SMILES string of the molecule is CC(C)(CF)C(=O)Nc1ccc(NS(=O)(=O)c2ccc(-c3nnc(-c4ccncc4)o3)cc2)cc1. The maximum Gasteiger partial charge on any atom is 0.261 e. The van der Waals surface area contributed by atoms with Gasteiger partial charge in [-0.2, -0.15) is 0 Å². The minimum atomic E-state index is -3.87. The normalized spacial score (nSPS) is 11.7. The Morgan fingerprint density at radius 3 is 2.00 bits per heavy atom. The Morgan fingerprint density at radius 2 is 1.43 bits per heavy atom. The Balaban J connectivity index is 1.44. The molecule has 35 heavy (non-hydrogen) atoms. The highest BCUT2D eigenvalue weighted by Gasteiger charge is 2.27. The van der Waals surface area contributed by atoms with Crippen molar-refractivity contribution in [2.75, 3.05) is 16.7 Å². The molecule has 4 aromatic rings. The molecule has 2 heterocycles. The number of nitrogens with one attached hydrogen (secondary N) is 2. The lowest BCUT2D eigenvalue weighted by Crippen LogP contribution is -2.32. The summed E-state index contributed by atoms with van der Waals surface area (Å²) in [6, 6.07) is 15.6. The molecule has 2 aromatic carbocycles. The van der Waals surface area contributed by atoms with Crippen LogP contribution in [0.4, 0.5) is 15.8 Å². The zero-order valence-corrected chi connectivity index (χ0v) is 19.7. The second-order valence-electron chi connectivity index (χ2n) is 8.33. The van der Waals surface area contributed by atoms with Crippen LogP contribution in [0.1, 0.15) is 13.8 Å². The standard InChI is InChI=1S/C24H22FN5O4S/c1-24(2,15-25)23(31)27-18-5-7-19(8-6-18)30-35(32,33)20-9-3-16(4-10-20)21-28-29-22(34-21)17-11-13-26-14-12-17/h3-14,30H,15H2,1-2H3,(H,27,31). The van der Waals surface area contributed by atoms with Gasteiger partial charge in [-0.15, -0.1) is 10.2 Å². The molecule has 180 valence electrons. The van der Waals surface area contributed by atoms with Crippen LogP contribution < -0.4 is 10.0 Å². The van der Waals surface area contributed by atoms with E-state index in [0.29, 0.717) is 22.8 Å². The van der Waals surface area contributed by atoms with E-state index >= 15 is 0 Å². The molecule has 1 amide bonds. The summed E-state index contributed by atoms with van der Waals surface area (Å²) >= 11 is 0. The van der Waals surface area contributed by atoms with E-state index in [1.807, 2.05) is 0 Å². The summed E-state index contributed by atoms with van der Waals surface area (Å²) in [5, 5.41) is 10.6. The van der Waals surface area contributed by atoms with Crippen molar-refractivity contribution in [1.82, 2.24) is 15.2 Å². The van der Waals surface area contributed by atoms with E-state index < -0.39 is 28.0 Å². The van der Waals surface area contributed by atoms with Crippen molar-refractivity contribution in [2.45, 2.75) is 18.7 Å². The van der Waals surface area contributed by atoms with Crippen LogP contribution in [0.15, 0.2) is 82.4 Å². The summed E-state index contributed by atoms with van der Waals surface area (Å²) in [6.07, 6.45) is 3.23. The van der Waals surface area contributed by atoms with E-state index in [1.54, 1.807) is 36.7 Å². The fourth-order valence-corrected chi connectivity index (χ4v) is 3.98. The van der Waals surface area contributed by atoms with Crippen LogP contribution >= 0.6 is 0 Å². The third-order valence-corrected chi connectivity index (χ3v) is 6.50.